The van der Waals surface area contributed by atoms with Gasteiger partial charge in [-0.2, -0.15) is 0 Å². The largest absolute Gasteiger partial charge is 0.354 e. The van der Waals surface area contributed by atoms with Crippen LogP contribution < -0.4 is 10.2 Å². The van der Waals surface area contributed by atoms with E-state index < -0.39 is 0 Å². The summed E-state index contributed by atoms with van der Waals surface area (Å²) in [5.41, 5.74) is 3.90. The number of anilines is 1. The molecule has 6 heteroatoms. The van der Waals surface area contributed by atoms with Crippen molar-refractivity contribution in [2.45, 2.75) is 19.5 Å². The van der Waals surface area contributed by atoms with Crippen molar-refractivity contribution < 1.29 is 0 Å². The third-order valence-corrected chi connectivity index (χ3v) is 5.05. The number of aliphatic imine (C=N–C) groups is 1. The van der Waals surface area contributed by atoms with Gasteiger partial charge in [-0.25, -0.2) is 4.98 Å². The second-order valence-electron chi connectivity index (χ2n) is 5.86. The lowest BCUT2D eigenvalue weighted by atomic mass is 10.0. The fourth-order valence-corrected chi connectivity index (χ4v) is 3.52. The number of aromatic nitrogens is 1. The molecule has 1 aromatic heterocycles. The van der Waals surface area contributed by atoms with Gasteiger partial charge in [-0.3, -0.25) is 4.99 Å². The molecule has 0 spiro atoms. The lowest BCUT2D eigenvalue weighted by Gasteiger charge is -2.31. The molecule has 23 heavy (non-hydrogen) atoms. The maximum absolute atomic E-state index is 4.61. The first kappa shape index (κ1) is 15.8. The van der Waals surface area contributed by atoms with Gasteiger partial charge in [-0.15, -0.1) is 11.3 Å². The Morgan fingerprint density at radius 1 is 1.35 bits per heavy atom. The molecule has 1 aromatic carbocycles. The first-order valence-corrected chi connectivity index (χ1v) is 8.69. The van der Waals surface area contributed by atoms with E-state index in [-0.39, 0.29) is 0 Å². The van der Waals surface area contributed by atoms with Gasteiger partial charge in [0.1, 0.15) is 0 Å². The third kappa shape index (κ3) is 3.64. The van der Waals surface area contributed by atoms with Crippen LogP contribution in [0.5, 0.6) is 0 Å². The minimum atomic E-state index is 0.704. The molecule has 0 aliphatic carbocycles. The number of thiazole rings is 1. The second-order valence-corrected chi connectivity index (χ2v) is 6.69. The molecule has 1 aliphatic heterocycles. The molecule has 0 bridgehead atoms. The fraction of sp³-hybridized carbons (Fsp3) is 0.412. The number of hydrogen-bond acceptors (Lipinski definition) is 4. The highest BCUT2D eigenvalue weighted by atomic mass is 32.1. The Morgan fingerprint density at radius 3 is 2.83 bits per heavy atom. The van der Waals surface area contributed by atoms with Crippen molar-refractivity contribution >= 4 is 22.4 Å². The van der Waals surface area contributed by atoms with E-state index in [2.05, 4.69) is 49.8 Å². The van der Waals surface area contributed by atoms with Crippen molar-refractivity contribution in [3.05, 3.63) is 46.5 Å². The molecule has 0 unspecified atom stereocenters. The summed E-state index contributed by atoms with van der Waals surface area (Å²) in [5.74, 6) is 0.943. The Kier molecular flexibility index (Phi) is 4.81. The highest BCUT2D eigenvalue weighted by Crippen LogP contribution is 2.19. The average Bonchev–Trinajstić information content (AvgIpc) is 3.04. The Balaban J connectivity index is 1.62. The number of guanidine groups is 1. The van der Waals surface area contributed by atoms with Crippen LogP contribution in [0.4, 0.5) is 5.13 Å². The monoisotopic (exact) mass is 329 g/mol. The molecule has 5 nitrogen and oxygen atoms in total. The molecule has 0 saturated carbocycles. The molecule has 0 atom stereocenters. The van der Waals surface area contributed by atoms with Gasteiger partial charge >= 0.3 is 0 Å². The first-order chi connectivity index (χ1) is 11.2. The predicted octanol–water partition coefficient (Wildman–Crippen LogP) is 2.34. The van der Waals surface area contributed by atoms with Gasteiger partial charge in [-0.1, -0.05) is 24.3 Å². The van der Waals surface area contributed by atoms with Gasteiger partial charge in [0.15, 0.2) is 11.1 Å². The topological polar surface area (TPSA) is 43.8 Å². The van der Waals surface area contributed by atoms with Crippen LogP contribution in [0, 0.1) is 0 Å². The van der Waals surface area contributed by atoms with E-state index in [9.17, 15) is 0 Å². The zero-order valence-electron chi connectivity index (χ0n) is 13.9. The van der Waals surface area contributed by atoms with E-state index >= 15 is 0 Å². The van der Waals surface area contributed by atoms with Crippen LogP contribution in [0.25, 0.3) is 0 Å². The summed E-state index contributed by atoms with van der Waals surface area (Å²) >= 11 is 1.66. The zero-order valence-corrected chi connectivity index (χ0v) is 14.7. The van der Waals surface area contributed by atoms with Crippen LogP contribution in [0.2, 0.25) is 0 Å². The van der Waals surface area contributed by atoms with Crippen molar-refractivity contribution in [3.8, 4) is 0 Å². The van der Waals surface area contributed by atoms with Gasteiger partial charge in [0, 0.05) is 39.6 Å². The standard InChI is InChI=1S/C17H23N5S/c1-18-16(19-10-15-12-23-17(20-15)21(2)3)22-9-8-13-6-4-5-7-14(13)11-22/h4-7,12H,8-11H2,1-3H3,(H,18,19). The van der Waals surface area contributed by atoms with Crippen LogP contribution in [-0.2, 0) is 19.5 Å². The third-order valence-electron chi connectivity index (χ3n) is 3.99. The summed E-state index contributed by atoms with van der Waals surface area (Å²) in [4.78, 5) is 13.4. The zero-order chi connectivity index (χ0) is 16.2. The summed E-state index contributed by atoms with van der Waals surface area (Å²) in [7, 11) is 5.87. The summed E-state index contributed by atoms with van der Waals surface area (Å²) in [6, 6.07) is 8.65. The van der Waals surface area contributed by atoms with Crippen molar-refractivity contribution in [2.24, 2.45) is 4.99 Å². The van der Waals surface area contributed by atoms with Crippen LogP contribution in [0.15, 0.2) is 34.6 Å². The lowest BCUT2D eigenvalue weighted by molar-refractivity contribution is 0.378. The van der Waals surface area contributed by atoms with Crippen LogP contribution in [-0.4, -0.2) is 43.5 Å². The van der Waals surface area contributed by atoms with Gasteiger partial charge in [-0.05, 0) is 17.5 Å². The SMILES string of the molecule is CN=C(NCc1csc(N(C)C)n1)N1CCc2ccccc2C1. The molecule has 1 aliphatic rings. The first-order valence-electron chi connectivity index (χ1n) is 7.81. The second kappa shape index (κ2) is 7.00. The van der Waals surface area contributed by atoms with E-state index in [4.69, 9.17) is 0 Å². The van der Waals surface area contributed by atoms with Gasteiger partial charge in [0.05, 0.1) is 12.2 Å². The molecule has 0 fully saturated rings. The van der Waals surface area contributed by atoms with E-state index in [0.717, 1.165) is 36.3 Å². The molecule has 0 saturated heterocycles. The van der Waals surface area contributed by atoms with Gasteiger partial charge < -0.3 is 15.1 Å². The van der Waals surface area contributed by atoms with Gasteiger partial charge in [0.2, 0.25) is 0 Å². The molecular weight excluding hydrogens is 306 g/mol. The Labute approximate surface area is 141 Å². The highest BCUT2D eigenvalue weighted by Gasteiger charge is 2.18. The van der Waals surface area contributed by atoms with E-state index in [0.29, 0.717) is 6.54 Å². The number of nitrogens with zero attached hydrogens (tertiary/aromatic N) is 4. The summed E-state index contributed by atoms with van der Waals surface area (Å²) < 4.78 is 0. The van der Waals surface area contributed by atoms with E-state index in [1.165, 1.54) is 11.1 Å². The molecule has 0 radical (unpaired) electrons. The Morgan fingerprint density at radius 2 is 2.13 bits per heavy atom. The Bertz CT molecular complexity index is 692. The molecule has 0 amide bonds. The van der Waals surface area contributed by atoms with E-state index in [1.54, 1.807) is 11.3 Å². The molecule has 1 N–H and O–H groups in total. The number of hydrogen-bond donors (Lipinski definition) is 1. The predicted molar refractivity (Wildman–Crippen MR) is 97.2 cm³/mol. The number of fused-ring (bicyclic) bond motifs is 1. The normalized spacial score (nSPS) is 14.6. The molecule has 122 valence electrons. The number of rotatable bonds is 3. The summed E-state index contributed by atoms with van der Waals surface area (Å²) in [6.45, 7) is 2.61. The van der Waals surface area contributed by atoms with E-state index in [1.807, 2.05) is 26.0 Å². The quantitative estimate of drug-likeness (QED) is 0.693. The van der Waals surface area contributed by atoms with Crippen LogP contribution in [0.3, 0.4) is 0 Å². The molecule has 2 aromatic rings. The summed E-state index contributed by atoms with van der Waals surface area (Å²) in [6.07, 6.45) is 1.07. The fourth-order valence-electron chi connectivity index (χ4n) is 2.76. The summed E-state index contributed by atoms with van der Waals surface area (Å²) in [5, 5.41) is 6.57. The highest BCUT2D eigenvalue weighted by molar-refractivity contribution is 7.13. The number of nitrogens with one attached hydrogen (secondary N) is 1. The maximum atomic E-state index is 4.61. The smallest absolute Gasteiger partial charge is 0.194 e. The van der Waals surface area contributed by atoms with Crippen molar-refractivity contribution in [3.63, 3.8) is 0 Å². The van der Waals surface area contributed by atoms with Crippen molar-refractivity contribution in [2.75, 3.05) is 32.6 Å². The van der Waals surface area contributed by atoms with Gasteiger partial charge in [0.25, 0.3) is 0 Å². The van der Waals surface area contributed by atoms with Crippen LogP contribution >= 0.6 is 11.3 Å². The minimum absolute atomic E-state index is 0.704. The van der Waals surface area contributed by atoms with Crippen molar-refractivity contribution in [1.82, 2.24) is 15.2 Å². The molecule has 2 heterocycles. The average molecular weight is 329 g/mol. The Hall–Kier alpha value is -2.08. The molecular formula is C17H23N5S. The maximum Gasteiger partial charge on any atom is 0.194 e. The van der Waals surface area contributed by atoms with Crippen LogP contribution in [0.1, 0.15) is 16.8 Å². The van der Waals surface area contributed by atoms with Crippen molar-refractivity contribution in [1.29, 1.82) is 0 Å². The molecule has 3 rings (SSSR count). The lowest BCUT2D eigenvalue weighted by Crippen LogP contribution is -2.43. The number of benzene rings is 1. The minimum Gasteiger partial charge on any atom is -0.354 e.